The van der Waals surface area contributed by atoms with Crippen LogP contribution in [-0.2, 0) is 9.53 Å². The highest BCUT2D eigenvalue weighted by Crippen LogP contribution is 2.30. The lowest BCUT2D eigenvalue weighted by atomic mass is 10.0. The molecule has 0 spiro atoms. The summed E-state index contributed by atoms with van der Waals surface area (Å²) in [6.07, 6.45) is 7.51. The van der Waals surface area contributed by atoms with Gasteiger partial charge in [-0.25, -0.2) is 15.0 Å². The van der Waals surface area contributed by atoms with E-state index in [4.69, 9.17) is 21.3 Å². The lowest BCUT2D eigenvalue weighted by molar-refractivity contribution is -0.142. The molecule has 1 aliphatic rings. The van der Waals surface area contributed by atoms with Crippen molar-refractivity contribution in [2.45, 2.75) is 25.8 Å². The number of fused-ring (bicyclic) bond motifs is 2. The molecule has 9 nitrogen and oxygen atoms in total. The number of aromatic nitrogens is 4. The molecule has 0 bridgehead atoms. The first-order valence-electron chi connectivity index (χ1n) is 12.3. The summed E-state index contributed by atoms with van der Waals surface area (Å²) >= 11 is 6.17. The Balaban J connectivity index is 1.47. The Morgan fingerprint density at radius 1 is 1.21 bits per heavy atom. The second-order valence-corrected chi connectivity index (χ2v) is 9.52. The summed E-state index contributed by atoms with van der Waals surface area (Å²) in [5.41, 5.74) is 3.63. The number of carbonyl (C=O) groups is 2. The largest absolute Gasteiger partial charge is 0.461 e. The summed E-state index contributed by atoms with van der Waals surface area (Å²) in [4.78, 5) is 44.0. The van der Waals surface area contributed by atoms with Gasteiger partial charge < -0.3 is 19.9 Å². The normalized spacial score (nSPS) is 13.7. The van der Waals surface area contributed by atoms with Crippen molar-refractivity contribution >= 4 is 51.2 Å². The topological polar surface area (TPSA) is 113 Å². The molecule has 0 fully saturated rings. The number of hydrogen-bond donors (Lipinski definition) is 2. The number of ether oxygens (including phenoxy) is 1. The van der Waals surface area contributed by atoms with Crippen LogP contribution in [0.4, 0.5) is 5.82 Å². The maximum Gasteiger partial charge on any atom is 0.306 e. The third-order valence-corrected chi connectivity index (χ3v) is 6.66. The number of hydrogen-bond acceptors (Lipinski definition) is 7. The van der Waals surface area contributed by atoms with Crippen LogP contribution < -0.4 is 5.32 Å². The summed E-state index contributed by atoms with van der Waals surface area (Å²) in [5, 5.41) is 4.80. The molecule has 0 aliphatic carbocycles. The zero-order valence-corrected chi connectivity index (χ0v) is 21.7. The van der Waals surface area contributed by atoms with Gasteiger partial charge in [-0.1, -0.05) is 36.4 Å². The van der Waals surface area contributed by atoms with E-state index in [1.165, 1.54) is 12.4 Å². The molecule has 194 valence electrons. The van der Waals surface area contributed by atoms with Gasteiger partial charge in [0.05, 0.1) is 22.6 Å². The second kappa shape index (κ2) is 11.0. The average Bonchev–Trinajstić information content (AvgIpc) is 3.59. The average molecular weight is 531 g/mol. The number of aryl methyl sites for hydroxylation is 1. The van der Waals surface area contributed by atoms with E-state index in [1.54, 1.807) is 17.0 Å². The molecule has 4 aromatic rings. The number of benzene rings is 2. The number of amides is 1. The molecule has 38 heavy (non-hydrogen) atoms. The fourth-order valence-corrected chi connectivity index (χ4v) is 4.64. The van der Waals surface area contributed by atoms with E-state index in [0.717, 1.165) is 22.0 Å². The number of nitrogens with zero attached hydrogens (tertiary/aromatic N) is 4. The van der Waals surface area contributed by atoms with Crippen molar-refractivity contribution in [3.05, 3.63) is 83.4 Å². The molecule has 3 heterocycles. The van der Waals surface area contributed by atoms with Gasteiger partial charge in [0, 0.05) is 35.5 Å². The number of halogens is 1. The van der Waals surface area contributed by atoms with Gasteiger partial charge >= 0.3 is 5.97 Å². The van der Waals surface area contributed by atoms with Crippen molar-refractivity contribution in [2.75, 3.05) is 25.0 Å². The molecular formula is C28H27ClN6O3. The molecule has 5 rings (SSSR count). The Morgan fingerprint density at radius 2 is 2.03 bits per heavy atom. The third-order valence-electron chi connectivity index (χ3n) is 6.42. The first-order chi connectivity index (χ1) is 18.4. The van der Waals surface area contributed by atoms with Crippen molar-refractivity contribution in [1.29, 1.82) is 0 Å². The van der Waals surface area contributed by atoms with Crippen molar-refractivity contribution in [2.24, 2.45) is 0 Å². The summed E-state index contributed by atoms with van der Waals surface area (Å²) in [7, 11) is 0. The van der Waals surface area contributed by atoms with Gasteiger partial charge in [-0.2, -0.15) is 0 Å². The molecule has 0 saturated carbocycles. The minimum atomic E-state index is -0.396. The fourth-order valence-electron chi connectivity index (χ4n) is 4.47. The van der Waals surface area contributed by atoms with Crippen LogP contribution in [0.1, 0.15) is 40.6 Å². The Morgan fingerprint density at radius 3 is 2.82 bits per heavy atom. The van der Waals surface area contributed by atoms with Gasteiger partial charge in [0.2, 0.25) is 0 Å². The summed E-state index contributed by atoms with van der Waals surface area (Å²) < 4.78 is 5.17. The van der Waals surface area contributed by atoms with E-state index >= 15 is 0 Å². The van der Waals surface area contributed by atoms with Gasteiger partial charge in [0.15, 0.2) is 0 Å². The van der Waals surface area contributed by atoms with Gasteiger partial charge in [-0.15, -0.1) is 0 Å². The van der Waals surface area contributed by atoms with Crippen LogP contribution in [0.5, 0.6) is 0 Å². The number of anilines is 1. The lowest BCUT2D eigenvalue weighted by Crippen LogP contribution is -2.28. The monoisotopic (exact) mass is 530 g/mol. The minimum Gasteiger partial charge on any atom is -0.461 e. The van der Waals surface area contributed by atoms with Crippen LogP contribution in [0, 0.1) is 6.92 Å². The zero-order chi connectivity index (χ0) is 26.6. The number of carbonyl (C=O) groups excluding carboxylic acids is 2. The molecule has 1 amide bonds. The summed E-state index contributed by atoms with van der Waals surface area (Å²) in [5.74, 6) is 0.844. The SMILES string of the molecule is C=CCOC(=O)CC[C@H](Nc1ncnc2cc(C(=O)N3CC=CC3)c(C)cc12)c1nc2ccc(Cl)cc2[nH]1. The molecule has 0 unspecified atom stereocenters. The van der Waals surface area contributed by atoms with E-state index in [1.807, 2.05) is 37.3 Å². The second-order valence-electron chi connectivity index (χ2n) is 9.08. The summed E-state index contributed by atoms with van der Waals surface area (Å²) in [6.45, 7) is 6.85. The molecular weight excluding hydrogens is 504 g/mol. The highest BCUT2D eigenvalue weighted by Gasteiger charge is 2.22. The van der Waals surface area contributed by atoms with Crippen molar-refractivity contribution in [3.8, 4) is 0 Å². The molecule has 0 radical (unpaired) electrons. The maximum atomic E-state index is 13.0. The van der Waals surface area contributed by atoms with Crippen LogP contribution in [0.2, 0.25) is 5.02 Å². The van der Waals surface area contributed by atoms with Crippen molar-refractivity contribution in [3.63, 3.8) is 0 Å². The predicted octanol–water partition coefficient (Wildman–Crippen LogP) is 5.14. The van der Waals surface area contributed by atoms with Crippen LogP contribution >= 0.6 is 11.6 Å². The molecule has 0 saturated heterocycles. The zero-order valence-electron chi connectivity index (χ0n) is 20.9. The quantitative estimate of drug-likeness (QED) is 0.227. The van der Waals surface area contributed by atoms with E-state index < -0.39 is 6.04 Å². The smallest absolute Gasteiger partial charge is 0.306 e. The molecule has 10 heteroatoms. The maximum absolute atomic E-state index is 13.0. The Bertz CT molecular complexity index is 1560. The highest BCUT2D eigenvalue weighted by molar-refractivity contribution is 6.31. The minimum absolute atomic E-state index is 0.0284. The molecule has 2 aromatic heterocycles. The van der Waals surface area contributed by atoms with Crippen LogP contribution in [0.15, 0.2) is 61.5 Å². The van der Waals surface area contributed by atoms with Crippen LogP contribution in [-0.4, -0.2) is 56.4 Å². The Kier molecular flexibility index (Phi) is 7.37. The van der Waals surface area contributed by atoms with Crippen molar-refractivity contribution in [1.82, 2.24) is 24.8 Å². The Hall–Kier alpha value is -4.24. The van der Waals surface area contributed by atoms with E-state index in [9.17, 15) is 9.59 Å². The Labute approximate surface area is 224 Å². The number of esters is 1. The number of aromatic amines is 1. The molecule has 1 aliphatic heterocycles. The lowest BCUT2D eigenvalue weighted by Gasteiger charge is -2.20. The van der Waals surface area contributed by atoms with Gasteiger partial charge in [0.25, 0.3) is 5.91 Å². The highest BCUT2D eigenvalue weighted by atomic mass is 35.5. The van der Waals surface area contributed by atoms with Crippen molar-refractivity contribution < 1.29 is 14.3 Å². The van der Waals surface area contributed by atoms with E-state index in [2.05, 4.69) is 26.8 Å². The summed E-state index contributed by atoms with van der Waals surface area (Å²) in [6, 6.07) is 8.76. The van der Waals surface area contributed by atoms with Gasteiger partial charge in [0.1, 0.15) is 24.6 Å². The van der Waals surface area contributed by atoms with Gasteiger partial charge in [-0.3, -0.25) is 9.59 Å². The standard InChI is InChI=1S/C28H27ClN6O3/c1-3-12-38-25(36)9-8-22(27-32-21-7-6-18(29)14-24(21)34-27)33-26-20-13-17(2)19(15-23(20)30-16-31-26)28(37)35-10-4-5-11-35/h3-7,13-16,22H,1,8-12H2,2H3,(H,32,34)(H,30,31,33)/t22-/m0/s1. The number of rotatable bonds is 9. The van der Waals surface area contributed by atoms with E-state index in [-0.39, 0.29) is 24.9 Å². The molecule has 2 N–H and O–H groups in total. The first kappa shape index (κ1) is 25.4. The fraction of sp³-hybridized carbons (Fsp3) is 0.250. The third kappa shape index (κ3) is 5.38. The van der Waals surface area contributed by atoms with Gasteiger partial charge in [-0.05, 0) is 49.2 Å². The first-order valence-corrected chi connectivity index (χ1v) is 12.7. The molecule has 1 atom stereocenters. The number of H-pyrrole nitrogens is 1. The van der Waals surface area contributed by atoms with E-state index in [0.29, 0.717) is 47.3 Å². The van der Waals surface area contributed by atoms with Crippen LogP contribution in [0.3, 0.4) is 0 Å². The predicted molar refractivity (Wildman–Crippen MR) is 147 cm³/mol. The number of nitrogens with one attached hydrogen (secondary N) is 2. The number of imidazole rings is 1. The van der Waals surface area contributed by atoms with Crippen LogP contribution in [0.25, 0.3) is 21.9 Å². The molecule has 2 aromatic carbocycles.